The Morgan fingerprint density at radius 2 is 1.65 bits per heavy atom. The molecule has 118 valence electrons. The summed E-state index contributed by atoms with van der Waals surface area (Å²) in [5.41, 5.74) is 0. The molecule has 0 spiro atoms. The molecule has 0 radical (unpaired) electrons. The second kappa shape index (κ2) is 7.42. The smallest absolute Gasteiger partial charge is 0.127 e. The Bertz CT molecular complexity index is 700. The van der Waals surface area contributed by atoms with E-state index in [1.165, 1.54) is 0 Å². The van der Waals surface area contributed by atoms with Crippen molar-refractivity contribution in [1.82, 2.24) is 15.0 Å². The van der Waals surface area contributed by atoms with Crippen LogP contribution in [-0.4, -0.2) is 32.8 Å². The molecule has 0 saturated heterocycles. The molecule has 0 aliphatic carbocycles. The lowest BCUT2D eigenvalue weighted by Gasteiger charge is -2.12. The van der Waals surface area contributed by atoms with Gasteiger partial charge in [0.05, 0.1) is 12.7 Å². The highest BCUT2D eigenvalue weighted by Gasteiger charge is 2.07. The van der Waals surface area contributed by atoms with Crippen molar-refractivity contribution in [2.75, 3.05) is 6.61 Å². The highest BCUT2D eigenvalue weighted by atomic mass is 16.5. The topological polar surface area (TPSA) is 69.4 Å². The summed E-state index contributed by atoms with van der Waals surface area (Å²) in [7, 11) is 0. The second-order valence-electron chi connectivity index (χ2n) is 4.98. The molecule has 6 nitrogen and oxygen atoms in total. The Morgan fingerprint density at radius 3 is 2.35 bits per heavy atom. The minimum absolute atomic E-state index is 0.179. The van der Waals surface area contributed by atoms with E-state index in [1.807, 2.05) is 42.5 Å². The molecule has 1 heterocycles. The molecule has 0 bridgehead atoms. The Hall–Kier alpha value is -2.86. The van der Waals surface area contributed by atoms with Gasteiger partial charge in [-0.1, -0.05) is 23.4 Å². The van der Waals surface area contributed by atoms with Crippen molar-refractivity contribution in [2.24, 2.45) is 0 Å². The Kier molecular flexibility index (Phi) is 4.85. The highest BCUT2D eigenvalue weighted by molar-refractivity contribution is 5.35. The summed E-state index contributed by atoms with van der Waals surface area (Å²) in [5, 5.41) is 17.4. The first kappa shape index (κ1) is 15.1. The number of benzene rings is 2. The predicted molar refractivity (Wildman–Crippen MR) is 84.5 cm³/mol. The molecule has 0 fully saturated rings. The van der Waals surface area contributed by atoms with Crippen LogP contribution >= 0.6 is 0 Å². The average molecular weight is 311 g/mol. The van der Waals surface area contributed by atoms with E-state index >= 15 is 0 Å². The Balaban J connectivity index is 1.49. The van der Waals surface area contributed by atoms with Gasteiger partial charge in [-0.25, -0.2) is 4.68 Å². The van der Waals surface area contributed by atoms with Crippen LogP contribution < -0.4 is 9.47 Å². The van der Waals surface area contributed by atoms with E-state index < -0.39 is 6.10 Å². The molecule has 3 rings (SSSR count). The van der Waals surface area contributed by atoms with E-state index in [2.05, 4.69) is 10.3 Å². The molecule has 1 atom stereocenters. The van der Waals surface area contributed by atoms with Gasteiger partial charge in [0.1, 0.15) is 30.0 Å². The summed E-state index contributed by atoms with van der Waals surface area (Å²) in [4.78, 5) is 0. The Morgan fingerprint density at radius 1 is 0.957 bits per heavy atom. The van der Waals surface area contributed by atoms with Crippen LogP contribution in [0.1, 0.15) is 0 Å². The number of aliphatic hydroxyl groups excluding tert-OH is 1. The van der Waals surface area contributed by atoms with E-state index in [1.54, 1.807) is 29.2 Å². The zero-order valence-corrected chi connectivity index (χ0v) is 12.4. The lowest BCUT2D eigenvalue weighted by Crippen LogP contribution is -2.23. The van der Waals surface area contributed by atoms with Crippen molar-refractivity contribution >= 4 is 0 Å². The van der Waals surface area contributed by atoms with Gasteiger partial charge in [0.25, 0.3) is 0 Å². The quantitative estimate of drug-likeness (QED) is 0.726. The third-order valence-electron chi connectivity index (χ3n) is 3.11. The van der Waals surface area contributed by atoms with Crippen LogP contribution in [0, 0.1) is 0 Å². The summed E-state index contributed by atoms with van der Waals surface area (Å²) < 4.78 is 12.8. The molecule has 23 heavy (non-hydrogen) atoms. The van der Waals surface area contributed by atoms with E-state index in [0.29, 0.717) is 12.3 Å². The summed E-state index contributed by atoms with van der Waals surface area (Å²) in [5.74, 6) is 2.18. The largest absolute Gasteiger partial charge is 0.491 e. The highest BCUT2D eigenvalue weighted by Crippen LogP contribution is 2.23. The lowest BCUT2D eigenvalue weighted by molar-refractivity contribution is 0.0888. The standard InChI is InChI=1S/C17H17N3O3/c21-14(12-20-11-10-18-19-20)13-22-15-6-8-17(9-7-15)23-16-4-2-1-3-5-16/h1-11,14,21H,12-13H2. The average Bonchev–Trinajstić information content (AvgIpc) is 3.08. The number of hydrogen-bond acceptors (Lipinski definition) is 5. The van der Waals surface area contributed by atoms with Crippen LogP contribution in [0.15, 0.2) is 67.0 Å². The lowest BCUT2D eigenvalue weighted by atomic mass is 10.3. The van der Waals surface area contributed by atoms with Crippen LogP contribution in [0.5, 0.6) is 17.2 Å². The maximum atomic E-state index is 9.89. The maximum absolute atomic E-state index is 9.89. The van der Waals surface area contributed by atoms with Crippen molar-refractivity contribution in [2.45, 2.75) is 12.6 Å². The molecule has 3 aromatic rings. The summed E-state index contributed by atoms with van der Waals surface area (Å²) in [6.07, 6.45) is 2.61. The number of aliphatic hydroxyl groups is 1. The normalized spacial score (nSPS) is 11.9. The number of rotatable bonds is 7. The van der Waals surface area contributed by atoms with Gasteiger partial charge >= 0.3 is 0 Å². The first-order chi connectivity index (χ1) is 11.3. The SMILES string of the molecule is OC(COc1ccc(Oc2ccccc2)cc1)Cn1ccnn1. The van der Waals surface area contributed by atoms with Crippen molar-refractivity contribution in [1.29, 1.82) is 0 Å². The van der Waals surface area contributed by atoms with Gasteiger partial charge in [0.2, 0.25) is 0 Å². The fourth-order valence-corrected chi connectivity index (χ4v) is 2.02. The van der Waals surface area contributed by atoms with Gasteiger partial charge < -0.3 is 14.6 Å². The first-order valence-corrected chi connectivity index (χ1v) is 7.27. The monoisotopic (exact) mass is 311 g/mol. The molecular weight excluding hydrogens is 294 g/mol. The summed E-state index contributed by atoms with van der Waals surface area (Å²) in [6, 6.07) is 16.8. The van der Waals surface area contributed by atoms with E-state index in [4.69, 9.17) is 9.47 Å². The van der Waals surface area contributed by atoms with E-state index in [-0.39, 0.29) is 6.61 Å². The maximum Gasteiger partial charge on any atom is 0.127 e. The summed E-state index contributed by atoms with van der Waals surface area (Å²) >= 11 is 0. The third-order valence-corrected chi connectivity index (χ3v) is 3.11. The van der Waals surface area contributed by atoms with Crippen LogP contribution in [0.25, 0.3) is 0 Å². The van der Waals surface area contributed by atoms with E-state index in [9.17, 15) is 5.11 Å². The van der Waals surface area contributed by atoms with Gasteiger partial charge in [-0.15, -0.1) is 5.10 Å². The first-order valence-electron chi connectivity index (χ1n) is 7.27. The molecule has 1 unspecified atom stereocenters. The van der Waals surface area contributed by atoms with Gasteiger partial charge in [-0.3, -0.25) is 0 Å². The van der Waals surface area contributed by atoms with Crippen LogP contribution in [0.4, 0.5) is 0 Å². The van der Waals surface area contributed by atoms with Gasteiger partial charge in [0, 0.05) is 6.20 Å². The fourth-order valence-electron chi connectivity index (χ4n) is 2.02. The van der Waals surface area contributed by atoms with Crippen LogP contribution in [0.2, 0.25) is 0 Å². The molecule has 1 aromatic heterocycles. The zero-order valence-electron chi connectivity index (χ0n) is 12.4. The molecule has 0 saturated carbocycles. The fraction of sp³-hybridized carbons (Fsp3) is 0.176. The van der Waals surface area contributed by atoms with E-state index in [0.717, 1.165) is 11.5 Å². The number of nitrogens with zero attached hydrogens (tertiary/aromatic N) is 3. The van der Waals surface area contributed by atoms with Crippen molar-refractivity contribution in [3.05, 3.63) is 67.0 Å². The molecule has 2 aromatic carbocycles. The minimum Gasteiger partial charge on any atom is -0.491 e. The second-order valence-corrected chi connectivity index (χ2v) is 4.98. The minimum atomic E-state index is -0.656. The molecular formula is C17H17N3O3. The van der Waals surface area contributed by atoms with Gasteiger partial charge in [0.15, 0.2) is 0 Å². The van der Waals surface area contributed by atoms with Gasteiger partial charge in [-0.05, 0) is 36.4 Å². The number of aromatic nitrogens is 3. The molecule has 6 heteroatoms. The number of ether oxygens (including phenoxy) is 2. The van der Waals surface area contributed by atoms with Gasteiger partial charge in [-0.2, -0.15) is 0 Å². The van der Waals surface area contributed by atoms with Crippen LogP contribution in [0.3, 0.4) is 0 Å². The number of para-hydroxylation sites is 1. The molecule has 0 aliphatic heterocycles. The summed E-state index contributed by atoms with van der Waals surface area (Å²) in [6.45, 7) is 0.522. The zero-order chi connectivity index (χ0) is 15.9. The number of hydrogen-bond donors (Lipinski definition) is 1. The van der Waals surface area contributed by atoms with Crippen molar-refractivity contribution < 1.29 is 14.6 Å². The predicted octanol–water partition coefficient (Wildman–Crippen LogP) is 2.51. The van der Waals surface area contributed by atoms with Crippen LogP contribution in [-0.2, 0) is 6.54 Å². The third kappa shape index (κ3) is 4.55. The van der Waals surface area contributed by atoms with Crippen molar-refractivity contribution in [3.8, 4) is 17.2 Å². The molecule has 0 amide bonds. The Labute approximate surface area is 133 Å². The molecule has 0 aliphatic rings. The van der Waals surface area contributed by atoms with Crippen molar-refractivity contribution in [3.63, 3.8) is 0 Å². The molecule has 1 N–H and O–H groups in total.